The van der Waals surface area contributed by atoms with E-state index in [2.05, 4.69) is 27.9 Å². The van der Waals surface area contributed by atoms with Crippen LogP contribution in [0.15, 0.2) is 30.6 Å². The number of rotatable bonds is 3. The number of ether oxygens (including phenoxy) is 1. The summed E-state index contributed by atoms with van der Waals surface area (Å²) >= 11 is 0. The largest absolute Gasteiger partial charge is 0.377 e. The van der Waals surface area contributed by atoms with Crippen molar-refractivity contribution in [3.8, 4) is 11.4 Å². The number of morpholine rings is 1. The summed E-state index contributed by atoms with van der Waals surface area (Å²) in [6.45, 7) is 4.56. The first-order valence-corrected chi connectivity index (χ1v) is 8.95. The van der Waals surface area contributed by atoms with Crippen LogP contribution in [0.2, 0.25) is 0 Å². The van der Waals surface area contributed by atoms with E-state index < -0.39 is 0 Å². The van der Waals surface area contributed by atoms with E-state index in [1.807, 2.05) is 24.5 Å². The number of fused-ring (bicyclic) bond motifs is 1. The Kier molecular flexibility index (Phi) is 3.45. The second-order valence-electron chi connectivity index (χ2n) is 6.96. The third-order valence-corrected chi connectivity index (χ3v) is 5.09. The molecule has 3 aromatic heterocycles. The Morgan fingerprint density at radius 1 is 1.24 bits per heavy atom. The first-order valence-electron chi connectivity index (χ1n) is 8.95. The zero-order valence-corrected chi connectivity index (χ0v) is 14.3. The van der Waals surface area contributed by atoms with Crippen molar-refractivity contribution in [3.05, 3.63) is 36.3 Å². The van der Waals surface area contributed by atoms with Crippen LogP contribution >= 0.6 is 0 Å². The zero-order chi connectivity index (χ0) is 16.8. The summed E-state index contributed by atoms with van der Waals surface area (Å²) in [5.74, 6) is 2.40. The molecule has 2 aliphatic rings. The number of hydrogen-bond donors (Lipinski definition) is 1. The molecule has 0 unspecified atom stereocenters. The van der Waals surface area contributed by atoms with Gasteiger partial charge in [-0.15, -0.1) is 0 Å². The molecule has 0 spiro atoms. The maximum Gasteiger partial charge on any atom is 0.162 e. The highest BCUT2D eigenvalue weighted by Gasteiger charge is 2.29. The highest BCUT2D eigenvalue weighted by molar-refractivity contribution is 5.91. The van der Waals surface area contributed by atoms with Crippen LogP contribution in [0.4, 0.5) is 5.82 Å². The number of anilines is 1. The summed E-state index contributed by atoms with van der Waals surface area (Å²) < 4.78 is 5.59. The monoisotopic (exact) mass is 335 g/mol. The summed E-state index contributed by atoms with van der Waals surface area (Å²) in [4.78, 5) is 19.7. The molecule has 0 aromatic carbocycles. The lowest BCUT2D eigenvalue weighted by Crippen LogP contribution is -2.44. The smallest absolute Gasteiger partial charge is 0.162 e. The molecule has 1 N–H and O–H groups in total. The number of hydrogen-bond acceptors (Lipinski definition) is 5. The van der Waals surface area contributed by atoms with Crippen molar-refractivity contribution in [2.45, 2.75) is 31.7 Å². The molecule has 0 amide bonds. The summed E-state index contributed by atoms with van der Waals surface area (Å²) in [5, 5.41) is 1.07. The molecule has 128 valence electrons. The second-order valence-corrected chi connectivity index (χ2v) is 6.96. The molecule has 25 heavy (non-hydrogen) atoms. The van der Waals surface area contributed by atoms with Crippen LogP contribution in [0.1, 0.15) is 31.4 Å². The van der Waals surface area contributed by atoms with E-state index in [1.165, 1.54) is 18.5 Å². The molecule has 1 aliphatic carbocycles. The minimum absolute atomic E-state index is 0.327. The van der Waals surface area contributed by atoms with E-state index >= 15 is 0 Å². The Hall–Kier alpha value is -2.47. The Labute approximate surface area is 146 Å². The summed E-state index contributed by atoms with van der Waals surface area (Å²) in [6, 6.07) is 6.56. The van der Waals surface area contributed by atoms with Crippen molar-refractivity contribution in [2.75, 3.05) is 24.7 Å². The third kappa shape index (κ3) is 2.66. The molecule has 6 heteroatoms. The Morgan fingerprint density at radius 2 is 2.16 bits per heavy atom. The van der Waals surface area contributed by atoms with Crippen LogP contribution in [-0.2, 0) is 4.74 Å². The molecule has 5 rings (SSSR count). The minimum Gasteiger partial charge on any atom is -0.377 e. The standard InChI is InChI=1S/C19H21N5O/c1-12-11-25-9-8-24(12)17-10-16(13-2-3-13)22-19(23-17)15-5-7-21-18-14(15)4-6-20-18/h4-7,10,12-13H,2-3,8-9,11H2,1H3,(H,20,21)/t12-/m1/s1. The molecule has 1 saturated carbocycles. The number of aromatic nitrogens is 4. The van der Waals surface area contributed by atoms with Crippen LogP contribution in [0.3, 0.4) is 0 Å². The van der Waals surface area contributed by atoms with E-state index in [0.717, 1.165) is 48.0 Å². The van der Waals surface area contributed by atoms with E-state index in [-0.39, 0.29) is 0 Å². The minimum atomic E-state index is 0.327. The fourth-order valence-corrected chi connectivity index (χ4v) is 3.53. The Bertz CT molecular complexity index is 917. The molecule has 6 nitrogen and oxygen atoms in total. The predicted octanol–water partition coefficient (Wildman–Crippen LogP) is 3.12. The van der Waals surface area contributed by atoms with Crippen LogP contribution in [0.25, 0.3) is 22.4 Å². The quantitative estimate of drug-likeness (QED) is 0.796. The molecule has 3 aromatic rings. The molecular weight excluding hydrogens is 314 g/mol. The fraction of sp³-hybridized carbons (Fsp3) is 0.421. The van der Waals surface area contributed by atoms with Crippen LogP contribution in [0.5, 0.6) is 0 Å². The average Bonchev–Trinajstić information content (AvgIpc) is 3.38. The van der Waals surface area contributed by atoms with Gasteiger partial charge in [0.15, 0.2) is 5.82 Å². The Morgan fingerprint density at radius 3 is 3.00 bits per heavy atom. The summed E-state index contributed by atoms with van der Waals surface area (Å²) in [7, 11) is 0. The number of aromatic amines is 1. The van der Waals surface area contributed by atoms with Crippen molar-refractivity contribution < 1.29 is 4.74 Å². The average molecular weight is 335 g/mol. The van der Waals surface area contributed by atoms with Crippen LogP contribution in [-0.4, -0.2) is 45.7 Å². The van der Waals surface area contributed by atoms with Crippen LogP contribution in [0, 0.1) is 0 Å². The lowest BCUT2D eigenvalue weighted by Gasteiger charge is -2.34. The lowest BCUT2D eigenvalue weighted by molar-refractivity contribution is 0.0985. The fourth-order valence-electron chi connectivity index (χ4n) is 3.53. The van der Waals surface area contributed by atoms with Gasteiger partial charge in [0.2, 0.25) is 0 Å². The highest BCUT2D eigenvalue weighted by atomic mass is 16.5. The SMILES string of the molecule is C[C@@H]1COCCN1c1cc(C2CC2)nc(-c2ccnc3[nH]ccc23)n1. The number of pyridine rings is 1. The second kappa shape index (κ2) is 5.81. The van der Waals surface area contributed by atoms with Gasteiger partial charge in [-0.25, -0.2) is 15.0 Å². The van der Waals surface area contributed by atoms with Gasteiger partial charge in [-0.3, -0.25) is 0 Å². The van der Waals surface area contributed by atoms with Gasteiger partial charge in [0.1, 0.15) is 11.5 Å². The van der Waals surface area contributed by atoms with Gasteiger partial charge < -0.3 is 14.6 Å². The summed E-state index contributed by atoms with van der Waals surface area (Å²) in [5.41, 5.74) is 3.08. The van der Waals surface area contributed by atoms with Gasteiger partial charge in [0, 0.05) is 47.6 Å². The first-order chi connectivity index (χ1) is 12.3. The topological polar surface area (TPSA) is 66.9 Å². The molecule has 1 aliphatic heterocycles. The third-order valence-electron chi connectivity index (χ3n) is 5.09. The molecule has 2 fully saturated rings. The van der Waals surface area contributed by atoms with E-state index in [1.54, 1.807) is 0 Å². The van der Waals surface area contributed by atoms with E-state index in [4.69, 9.17) is 14.7 Å². The van der Waals surface area contributed by atoms with E-state index in [9.17, 15) is 0 Å². The van der Waals surface area contributed by atoms with E-state index in [0.29, 0.717) is 12.0 Å². The normalized spacial score (nSPS) is 21.0. The van der Waals surface area contributed by atoms with Crippen molar-refractivity contribution in [3.63, 3.8) is 0 Å². The van der Waals surface area contributed by atoms with Gasteiger partial charge in [0.05, 0.1) is 19.3 Å². The zero-order valence-electron chi connectivity index (χ0n) is 14.3. The number of nitrogens with zero attached hydrogens (tertiary/aromatic N) is 4. The van der Waals surface area contributed by atoms with Gasteiger partial charge in [-0.2, -0.15) is 0 Å². The van der Waals surface area contributed by atoms with Gasteiger partial charge in [-0.1, -0.05) is 0 Å². The maximum absolute atomic E-state index is 5.59. The molecule has 4 heterocycles. The van der Waals surface area contributed by atoms with Crippen molar-refractivity contribution in [1.29, 1.82) is 0 Å². The maximum atomic E-state index is 5.59. The Balaban J connectivity index is 1.65. The lowest BCUT2D eigenvalue weighted by atomic mass is 10.1. The molecule has 1 atom stereocenters. The van der Waals surface area contributed by atoms with Gasteiger partial charge in [0.25, 0.3) is 0 Å². The first kappa shape index (κ1) is 14.8. The number of nitrogens with one attached hydrogen (secondary N) is 1. The molecule has 0 radical (unpaired) electrons. The molecule has 0 bridgehead atoms. The molecule has 1 saturated heterocycles. The van der Waals surface area contributed by atoms with Crippen molar-refractivity contribution >= 4 is 16.9 Å². The molecular formula is C19H21N5O. The highest BCUT2D eigenvalue weighted by Crippen LogP contribution is 2.41. The van der Waals surface area contributed by atoms with Gasteiger partial charge >= 0.3 is 0 Å². The van der Waals surface area contributed by atoms with Crippen molar-refractivity contribution in [2.24, 2.45) is 0 Å². The predicted molar refractivity (Wildman–Crippen MR) is 96.7 cm³/mol. The van der Waals surface area contributed by atoms with Crippen molar-refractivity contribution in [1.82, 2.24) is 19.9 Å². The number of H-pyrrole nitrogens is 1. The van der Waals surface area contributed by atoms with Crippen LogP contribution < -0.4 is 4.90 Å². The summed E-state index contributed by atoms with van der Waals surface area (Å²) in [6.07, 6.45) is 6.18. The van der Waals surface area contributed by atoms with Gasteiger partial charge in [-0.05, 0) is 31.9 Å².